The molecule has 0 spiro atoms. The largest absolute Gasteiger partial charge is 0.353 e. The quantitative estimate of drug-likeness (QED) is 0.854. The van der Waals surface area contributed by atoms with Gasteiger partial charge in [0, 0.05) is 31.5 Å². The van der Waals surface area contributed by atoms with Gasteiger partial charge in [0.05, 0.1) is 12.1 Å². The van der Waals surface area contributed by atoms with E-state index < -0.39 is 0 Å². The number of carbonyl (C=O) groups excluding carboxylic acids is 1. The number of carbonyl (C=O) groups is 1. The van der Waals surface area contributed by atoms with Gasteiger partial charge in [-0.25, -0.2) is 4.39 Å². The van der Waals surface area contributed by atoms with Crippen molar-refractivity contribution < 1.29 is 18.7 Å². The van der Waals surface area contributed by atoms with Gasteiger partial charge >= 0.3 is 0 Å². The van der Waals surface area contributed by atoms with Gasteiger partial charge in [0.25, 0.3) is 0 Å². The lowest BCUT2D eigenvalue weighted by Gasteiger charge is -2.36. The minimum atomic E-state index is -0.235. The first-order chi connectivity index (χ1) is 10.7. The smallest absolute Gasteiger partial charge is 0.162 e. The fraction of sp³-hybridized carbons (Fsp3) is 0.588. The van der Waals surface area contributed by atoms with E-state index in [1.807, 2.05) is 6.92 Å². The molecule has 4 rings (SSSR count). The van der Waals surface area contributed by atoms with E-state index in [1.165, 1.54) is 12.1 Å². The van der Waals surface area contributed by atoms with Crippen LogP contribution in [0.2, 0.25) is 0 Å². The summed E-state index contributed by atoms with van der Waals surface area (Å²) in [6.45, 7) is 3.25. The highest BCUT2D eigenvalue weighted by Crippen LogP contribution is 2.47. The third-order valence-corrected chi connectivity index (χ3v) is 5.14. The Morgan fingerprint density at radius 1 is 1.36 bits per heavy atom. The van der Waals surface area contributed by atoms with Gasteiger partial charge in [0.2, 0.25) is 0 Å². The van der Waals surface area contributed by atoms with Crippen LogP contribution in [-0.4, -0.2) is 41.8 Å². The Morgan fingerprint density at radius 3 is 2.86 bits per heavy atom. The van der Waals surface area contributed by atoms with Gasteiger partial charge in [-0.1, -0.05) is 12.1 Å². The number of hydrogen-bond acceptors (Lipinski definition) is 4. The molecule has 3 heterocycles. The van der Waals surface area contributed by atoms with E-state index in [1.54, 1.807) is 12.1 Å². The lowest BCUT2D eigenvalue weighted by atomic mass is 9.96. The zero-order chi connectivity index (χ0) is 15.3. The molecule has 0 aliphatic carbocycles. The van der Waals surface area contributed by atoms with Gasteiger partial charge in [0.1, 0.15) is 5.82 Å². The highest BCUT2D eigenvalue weighted by atomic mass is 19.1. The van der Waals surface area contributed by atoms with Gasteiger partial charge in [-0.15, -0.1) is 0 Å². The summed E-state index contributed by atoms with van der Waals surface area (Å²) in [5.41, 5.74) is 1.03. The van der Waals surface area contributed by atoms with E-state index in [-0.39, 0.29) is 42.0 Å². The molecule has 1 unspecified atom stereocenters. The summed E-state index contributed by atoms with van der Waals surface area (Å²) in [6.07, 6.45) is 1.06. The molecule has 3 saturated heterocycles. The lowest BCUT2D eigenvalue weighted by molar-refractivity contribution is -0.164. The van der Waals surface area contributed by atoms with Crippen LogP contribution in [0.25, 0.3) is 0 Å². The summed E-state index contributed by atoms with van der Waals surface area (Å²) in [5, 5.41) is 0. The Bertz CT molecular complexity index is 576. The number of fused-ring (bicyclic) bond motifs is 1. The van der Waals surface area contributed by atoms with Gasteiger partial charge in [0.15, 0.2) is 12.1 Å². The van der Waals surface area contributed by atoms with Crippen LogP contribution in [-0.2, 0) is 20.8 Å². The van der Waals surface area contributed by atoms with Crippen molar-refractivity contribution in [2.24, 2.45) is 5.92 Å². The van der Waals surface area contributed by atoms with Crippen molar-refractivity contribution in [2.75, 3.05) is 6.61 Å². The van der Waals surface area contributed by atoms with Gasteiger partial charge < -0.3 is 9.47 Å². The third-order valence-electron chi connectivity index (χ3n) is 5.14. The maximum atomic E-state index is 13.1. The normalized spacial score (nSPS) is 37.0. The Morgan fingerprint density at radius 2 is 2.14 bits per heavy atom. The third kappa shape index (κ3) is 2.19. The number of nitrogens with zero attached hydrogens (tertiary/aromatic N) is 1. The molecule has 22 heavy (non-hydrogen) atoms. The fourth-order valence-electron chi connectivity index (χ4n) is 4.26. The number of ketones is 1. The predicted molar refractivity (Wildman–Crippen MR) is 77.5 cm³/mol. The molecule has 3 aliphatic heterocycles. The van der Waals surface area contributed by atoms with Crippen LogP contribution in [0.3, 0.4) is 0 Å². The van der Waals surface area contributed by atoms with E-state index in [0.717, 1.165) is 12.0 Å². The Labute approximate surface area is 129 Å². The second-order valence-corrected chi connectivity index (χ2v) is 6.37. The van der Waals surface area contributed by atoms with Gasteiger partial charge in [-0.2, -0.15) is 0 Å². The summed E-state index contributed by atoms with van der Waals surface area (Å²) in [6, 6.07) is 6.72. The molecule has 0 N–H and O–H groups in total. The summed E-state index contributed by atoms with van der Waals surface area (Å²) >= 11 is 0. The minimum absolute atomic E-state index is 0.0387. The van der Waals surface area contributed by atoms with Crippen molar-refractivity contribution in [3.63, 3.8) is 0 Å². The SMILES string of the molecule is CCO[C@@H]1OC2CC(=O)[C@H]3C[C@@H]1[C@@H]2N3Cc1ccc(F)cc1. The van der Waals surface area contributed by atoms with Crippen LogP contribution >= 0.6 is 0 Å². The number of Topliss-reactive ketones (excluding diaryl/α,β-unsaturated/α-hetero) is 1. The fourth-order valence-corrected chi connectivity index (χ4v) is 4.26. The van der Waals surface area contributed by atoms with Crippen molar-refractivity contribution >= 4 is 5.78 Å². The summed E-state index contributed by atoms with van der Waals surface area (Å²) < 4.78 is 24.7. The van der Waals surface area contributed by atoms with Crippen LogP contribution in [0.5, 0.6) is 0 Å². The molecule has 2 bridgehead atoms. The average molecular weight is 305 g/mol. The van der Waals surface area contributed by atoms with E-state index in [4.69, 9.17) is 9.47 Å². The molecule has 0 saturated carbocycles. The first kappa shape index (κ1) is 14.3. The molecule has 0 aromatic heterocycles. The van der Waals surface area contributed by atoms with Gasteiger partial charge in [-0.3, -0.25) is 9.69 Å². The molecular weight excluding hydrogens is 285 g/mol. The summed E-state index contributed by atoms with van der Waals surface area (Å²) in [4.78, 5) is 14.6. The number of piperidine rings is 1. The zero-order valence-electron chi connectivity index (χ0n) is 12.6. The molecule has 3 aliphatic rings. The zero-order valence-corrected chi connectivity index (χ0v) is 12.6. The molecule has 118 valence electrons. The van der Waals surface area contributed by atoms with E-state index in [9.17, 15) is 9.18 Å². The topological polar surface area (TPSA) is 38.8 Å². The Hall–Kier alpha value is -1.30. The molecule has 0 amide bonds. The van der Waals surface area contributed by atoms with E-state index >= 15 is 0 Å². The predicted octanol–water partition coefficient (Wildman–Crippen LogP) is 2.12. The number of hydrogen-bond donors (Lipinski definition) is 0. The first-order valence-corrected chi connectivity index (χ1v) is 7.97. The van der Waals surface area contributed by atoms with Crippen LogP contribution in [0, 0.1) is 11.7 Å². The monoisotopic (exact) mass is 305 g/mol. The van der Waals surface area contributed by atoms with E-state index in [0.29, 0.717) is 19.6 Å². The number of benzene rings is 1. The number of halogens is 1. The van der Waals surface area contributed by atoms with Crippen LogP contribution < -0.4 is 0 Å². The van der Waals surface area contributed by atoms with Crippen molar-refractivity contribution in [1.29, 1.82) is 0 Å². The standard InChI is InChI=1S/C17H20FNO3/c1-2-21-17-12-7-13-14(20)8-15(22-17)16(12)19(13)9-10-3-5-11(18)6-4-10/h3-6,12-13,15-17H,2,7-9H2,1H3/t12-,13-,15?,16+,17-/m1/s1. The van der Waals surface area contributed by atoms with Crippen molar-refractivity contribution in [3.05, 3.63) is 35.6 Å². The van der Waals surface area contributed by atoms with E-state index in [2.05, 4.69) is 4.90 Å². The number of rotatable bonds is 4. The summed E-state index contributed by atoms with van der Waals surface area (Å²) in [7, 11) is 0. The minimum Gasteiger partial charge on any atom is -0.353 e. The summed E-state index contributed by atoms with van der Waals surface area (Å²) in [5.74, 6) is 0.295. The Balaban J connectivity index is 1.58. The molecule has 3 fully saturated rings. The molecule has 0 radical (unpaired) electrons. The average Bonchev–Trinajstić information content (AvgIpc) is 2.97. The highest BCUT2D eigenvalue weighted by molar-refractivity contribution is 5.86. The molecular formula is C17H20FNO3. The van der Waals surface area contributed by atoms with Crippen molar-refractivity contribution in [1.82, 2.24) is 4.90 Å². The maximum absolute atomic E-state index is 13.1. The second kappa shape index (κ2) is 5.41. The first-order valence-electron chi connectivity index (χ1n) is 7.97. The van der Waals surface area contributed by atoms with Crippen molar-refractivity contribution in [2.45, 2.75) is 50.8 Å². The Kier molecular flexibility index (Phi) is 3.51. The molecule has 4 nitrogen and oxygen atoms in total. The molecule has 5 heteroatoms. The van der Waals surface area contributed by atoms with Crippen LogP contribution in [0.15, 0.2) is 24.3 Å². The second-order valence-electron chi connectivity index (χ2n) is 6.37. The van der Waals surface area contributed by atoms with Crippen LogP contribution in [0.1, 0.15) is 25.3 Å². The highest BCUT2D eigenvalue weighted by Gasteiger charge is 2.60. The van der Waals surface area contributed by atoms with Crippen molar-refractivity contribution in [3.8, 4) is 0 Å². The lowest BCUT2D eigenvalue weighted by Crippen LogP contribution is -2.51. The maximum Gasteiger partial charge on any atom is 0.162 e. The van der Waals surface area contributed by atoms with Crippen LogP contribution in [0.4, 0.5) is 4.39 Å². The van der Waals surface area contributed by atoms with Gasteiger partial charge in [-0.05, 0) is 31.0 Å². The number of ether oxygens (including phenoxy) is 2. The molecule has 5 atom stereocenters. The molecule has 1 aromatic rings. The molecule has 1 aromatic carbocycles.